The van der Waals surface area contributed by atoms with E-state index in [0.717, 1.165) is 6.42 Å². The first-order valence-electron chi connectivity index (χ1n) is 3.78. The maximum Gasteiger partial charge on any atom is 0.0184 e. The van der Waals surface area contributed by atoms with E-state index in [9.17, 15) is 0 Å². The van der Waals surface area contributed by atoms with Crippen LogP contribution < -0.4 is 5.73 Å². The summed E-state index contributed by atoms with van der Waals surface area (Å²) in [6.45, 7) is 2.22. The minimum atomic E-state index is 0.321. The van der Waals surface area contributed by atoms with Gasteiger partial charge < -0.3 is 5.73 Å². The van der Waals surface area contributed by atoms with Gasteiger partial charge in [-0.25, -0.2) is 0 Å². The molecule has 2 unspecified atom stereocenters. The summed E-state index contributed by atoms with van der Waals surface area (Å²) in [7, 11) is 2.62. The quantitative estimate of drug-likeness (QED) is 0.468. The van der Waals surface area contributed by atoms with E-state index in [2.05, 4.69) is 16.2 Å². The van der Waals surface area contributed by atoms with Gasteiger partial charge >= 0.3 is 0 Å². The van der Waals surface area contributed by atoms with Crippen LogP contribution in [0, 0.1) is 0 Å². The molecule has 0 radical (unpaired) electrons. The van der Waals surface area contributed by atoms with Gasteiger partial charge in [-0.05, 0) is 6.42 Å². The summed E-state index contributed by atoms with van der Waals surface area (Å²) in [5.41, 5.74) is 5.54. The summed E-state index contributed by atoms with van der Waals surface area (Å²) < 4.78 is 0. The molecule has 2 atom stereocenters. The molecule has 0 bridgehead atoms. The van der Waals surface area contributed by atoms with Crippen molar-refractivity contribution in [3.63, 3.8) is 0 Å². The molecule has 0 rings (SSSR count). The van der Waals surface area contributed by atoms with Gasteiger partial charge in [0.25, 0.3) is 0 Å². The highest BCUT2D eigenvalue weighted by atomic mass is 31.0. The van der Waals surface area contributed by atoms with E-state index < -0.39 is 0 Å². The first-order chi connectivity index (χ1) is 4.27. The smallest absolute Gasteiger partial charge is 0.0184 e. The molecule has 2 N–H and O–H groups in total. The molecule has 0 aromatic rings. The van der Waals surface area contributed by atoms with E-state index in [1.165, 1.54) is 25.7 Å². The van der Waals surface area contributed by atoms with E-state index in [1.807, 2.05) is 0 Å². The first-order valence-corrected chi connectivity index (χ1v) is 4.45. The van der Waals surface area contributed by atoms with E-state index in [1.54, 1.807) is 0 Å². The van der Waals surface area contributed by atoms with E-state index in [4.69, 9.17) is 5.73 Å². The summed E-state index contributed by atoms with van der Waals surface area (Å²) in [6.07, 6.45) is 6.46. The summed E-state index contributed by atoms with van der Waals surface area (Å²) in [5.74, 6) is 0.321. The van der Waals surface area contributed by atoms with Crippen LogP contribution in [-0.4, -0.2) is 5.78 Å². The average Bonchev–Trinajstić information content (AvgIpc) is 1.80. The third-order valence-electron chi connectivity index (χ3n) is 1.39. The lowest BCUT2D eigenvalue weighted by molar-refractivity contribution is 0.624. The second-order valence-electron chi connectivity index (χ2n) is 2.51. The van der Waals surface area contributed by atoms with Gasteiger partial charge in [0.05, 0.1) is 0 Å². The number of hydrogen-bond acceptors (Lipinski definition) is 1. The minimum absolute atomic E-state index is 0.321. The van der Waals surface area contributed by atoms with Gasteiger partial charge in [0.15, 0.2) is 0 Å². The molecule has 0 aliphatic rings. The molecule has 0 fully saturated rings. The predicted molar refractivity (Wildman–Crippen MR) is 46.4 cm³/mol. The van der Waals surface area contributed by atoms with E-state index >= 15 is 0 Å². The lowest BCUT2D eigenvalue weighted by Gasteiger charge is -2.02. The Morgan fingerprint density at radius 3 is 2.44 bits per heavy atom. The lowest BCUT2D eigenvalue weighted by atomic mass is 10.1. The van der Waals surface area contributed by atoms with Crippen molar-refractivity contribution < 1.29 is 0 Å². The second-order valence-corrected chi connectivity index (χ2v) is 3.37. The highest BCUT2D eigenvalue weighted by Crippen LogP contribution is 2.06. The number of nitrogens with two attached hydrogens (primary N) is 1. The van der Waals surface area contributed by atoms with Crippen LogP contribution in [0.5, 0.6) is 0 Å². The Balaban J connectivity index is 2.75. The molecular formula is C7H18NP. The highest BCUT2D eigenvalue weighted by molar-refractivity contribution is 7.17. The van der Waals surface area contributed by atoms with Crippen LogP contribution in [-0.2, 0) is 0 Å². The molecule has 0 saturated carbocycles. The molecule has 0 aliphatic carbocycles. The van der Waals surface area contributed by atoms with Gasteiger partial charge in [0.2, 0.25) is 0 Å². The Labute approximate surface area is 60.6 Å². The van der Waals surface area contributed by atoms with Crippen molar-refractivity contribution >= 4 is 9.24 Å². The van der Waals surface area contributed by atoms with Crippen molar-refractivity contribution in [2.75, 3.05) is 0 Å². The topological polar surface area (TPSA) is 26.0 Å². The van der Waals surface area contributed by atoms with Crippen LogP contribution in [0.3, 0.4) is 0 Å². The minimum Gasteiger partial charge on any atom is -0.324 e. The van der Waals surface area contributed by atoms with Crippen LogP contribution in [0.15, 0.2) is 0 Å². The second kappa shape index (κ2) is 6.51. The van der Waals surface area contributed by atoms with Gasteiger partial charge in [0.1, 0.15) is 0 Å². The Bertz CT molecular complexity index is 54.9. The molecule has 1 nitrogen and oxygen atoms in total. The molecule has 2 heteroatoms. The SMILES string of the molecule is CCCCCCC(N)P. The number of hydrogen-bond donors (Lipinski definition) is 1. The largest absolute Gasteiger partial charge is 0.324 e. The summed E-state index contributed by atoms with van der Waals surface area (Å²) in [5, 5.41) is 0. The summed E-state index contributed by atoms with van der Waals surface area (Å²) >= 11 is 0. The van der Waals surface area contributed by atoms with Crippen LogP contribution in [0.25, 0.3) is 0 Å². The Hall–Kier alpha value is 0.390. The van der Waals surface area contributed by atoms with Crippen molar-refractivity contribution in [2.24, 2.45) is 5.73 Å². The van der Waals surface area contributed by atoms with Crippen LogP contribution in [0.2, 0.25) is 0 Å². The fourth-order valence-electron chi connectivity index (χ4n) is 0.807. The van der Waals surface area contributed by atoms with Gasteiger partial charge in [0, 0.05) is 5.78 Å². The molecule has 0 spiro atoms. The van der Waals surface area contributed by atoms with E-state index in [-0.39, 0.29) is 0 Å². The average molecular weight is 147 g/mol. The number of unbranched alkanes of at least 4 members (excludes halogenated alkanes) is 3. The monoisotopic (exact) mass is 147 g/mol. The van der Waals surface area contributed by atoms with Gasteiger partial charge in [-0.15, -0.1) is 9.24 Å². The van der Waals surface area contributed by atoms with Crippen molar-refractivity contribution in [3.8, 4) is 0 Å². The third kappa shape index (κ3) is 8.39. The molecule has 0 aromatic heterocycles. The molecule has 9 heavy (non-hydrogen) atoms. The van der Waals surface area contributed by atoms with E-state index in [0.29, 0.717) is 5.78 Å². The molecule has 0 aliphatic heterocycles. The maximum atomic E-state index is 5.54. The fraction of sp³-hybridized carbons (Fsp3) is 1.00. The zero-order chi connectivity index (χ0) is 7.11. The van der Waals surface area contributed by atoms with Gasteiger partial charge in [-0.2, -0.15) is 0 Å². The highest BCUT2D eigenvalue weighted by Gasteiger charge is 1.92. The van der Waals surface area contributed by atoms with Crippen molar-refractivity contribution in [1.82, 2.24) is 0 Å². The zero-order valence-corrected chi connectivity index (χ0v) is 7.42. The van der Waals surface area contributed by atoms with Crippen LogP contribution >= 0.6 is 9.24 Å². The predicted octanol–water partition coefficient (Wildman–Crippen LogP) is 2.12. The first kappa shape index (κ1) is 9.39. The molecule has 0 saturated heterocycles. The molecule has 0 aromatic carbocycles. The van der Waals surface area contributed by atoms with Crippen molar-refractivity contribution in [2.45, 2.75) is 44.8 Å². The standard InChI is InChI=1S/C7H18NP/c1-2-3-4-5-6-7(8)9/h7H,2-6,8-9H2,1H3. The Morgan fingerprint density at radius 1 is 1.33 bits per heavy atom. The van der Waals surface area contributed by atoms with Crippen LogP contribution in [0.4, 0.5) is 0 Å². The fourth-order valence-corrected chi connectivity index (χ4v) is 1.04. The lowest BCUT2D eigenvalue weighted by Crippen LogP contribution is -2.09. The Kier molecular flexibility index (Phi) is 6.79. The normalized spacial score (nSPS) is 13.7. The summed E-state index contributed by atoms with van der Waals surface area (Å²) in [4.78, 5) is 0. The Morgan fingerprint density at radius 2 is 2.00 bits per heavy atom. The van der Waals surface area contributed by atoms with Gasteiger partial charge in [-0.1, -0.05) is 32.6 Å². The van der Waals surface area contributed by atoms with Crippen molar-refractivity contribution in [1.29, 1.82) is 0 Å². The number of rotatable bonds is 5. The molecule has 0 heterocycles. The molecule has 56 valence electrons. The van der Waals surface area contributed by atoms with Crippen molar-refractivity contribution in [3.05, 3.63) is 0 Å². The zero-order valence-electron chi connectivity index (χ0n) is 6.27. The molecular weight excluding hydrogens is 129 g/mol. The molecule has 0 amide bonds. The summed E-state index contributed by atoms with van der Waals surface area (Å²) in [6, 6.07) is 0. The maximum absolute atomic E-state index is 5.54. The third-order valence-corrected chi connectivity index (χ3v) is 1.72. The van der Waals surface area contributed by atoms with Gasteiger partial charge in [-0.3, -0.25) is 0 Å². The van der Waals surface area contributed by atoms with Crippen LogP contribution in [0.1, 0.15) is 39.0 Å².